The summed E-state index contributed by atoms with van der Waals surface area (Å²) in [4.78, 5) is 8.91. The lowest BCUT2D eigenvalue weighted by Crippen LogP contribution is -2.41. The molecule has 134 valence electrons. The van der Waals surface area contributed by atoms with Gasteiger partial charge >= 0.3 is 0 Å². The number of anilines is 1. The van der Waals surface area contributed by atoms with Crippen LogP contribution in [0.4, 0.5) is 5.69 Å². The zero-order chi connectivity index (χ0) is 17.9. The van der Waals surface area contributed by atoms with E-state index in [1.54, 1.807) is 7.11 Å². The minimum atomic E-state index is 0.0956. The summed E-state index contributed by atoms with van der Waals surface area (Å²) >= 11 is 0. The number of rotatable bonds is 2. The van der Waals surface area contributed by atoms with Gasteiger partial charge in [-0.3, -0.25) is 9.98 Å². The number of hydrogen-bond donors (Lipinski definition) is 1. The standard InChI is InChI=1S/C22H25N3O/c1-13-15-5-8-24-12-14(15)9-16(13)17-10-19-18(11-20(17)26-3)22(6-4-7-22)21(23-2)25-19/h5,8,10-12,14-15H,4,6-7,9H2,1-3H3,(H,23,25). The molecule has 1 aromatic rings. The number of nitrogens with one attached hydrogen (secondary N) is 1. The van der Waals surface area contributed by atoms with E-state index in [9.17, 15) is 0 Å². The number of benzene rings is 1. The third kappa shape index (κ3) is 1.96. The molecule has 4 aliphatic rings. The van der Waals surface area contributed by atoms with Gasteiger partial charge in [0.1, 0.15) is 11.6 Å². The third-order valence-electron chi connectivity index (χ3n) is 6.85. The molecule has 0 radical (unpaired) electrons. The zero-order valence-corrected chi connectivity index (χ0v) is 15.7. The van der Waals surface area contributed by atoms with Crippen molar-refractivity contribution in [3.05, 3.63) is 41.1 Å². The lowest BCUT2D eigenvalue weighted by atomic mass is 9.64. The minimum Gasteiger partial charge on any atom is -0.496 e. The second-order valence-corrected chi connectivity index (χ2v) is 7.93. The van der Waals surface area contributed by atoms with Crippen LogP contribution in [0.1, 0.15) is 43.7 Å². The predicted octanol–water partition coefficient (Wildman–Crippen LogP) is 4.58. The predicted molar refractivity (Wildman–Crippen MR) is 107 cm³/mol. The molecule has 2 unspecified atom stereocenters. The fraction of sp³-hybridized carbons (Fsp3) is 0.455. The van der Waals surface area contributed by atoms with Gasteiger partial charge in [0.2, 0.25) is 0 Å². The molecule has 2 heterocycles. The molecule has 1 N–H and O–H groups in total. The summed E-state index contributed by atoms with van der Waals surface area (Å²) in [5.74, 6) is 3.06. The fourth-order valence-corrected chi connectivity index (χ4v) is 5.27. The van der Waals surface area contributed by atoms with Crippen molar-refractivity contribution in [2.24, 2.45) is 21.8 Å². The van der Waals surface area contributed by atoms with Crippen LogP contribution in [0.2, 0.25) is 0 Å². The molecule has 1 saturated carbocycles. The van der Waals surface area contributed by atoms with E-state index in [0.29, 0.717) is 11.8 Å². The lowest BCUT2D eigenvalue weighted by molar-refractivity contribution is 0.344. The summed E-state index contributed by atoms with van der Waals surface area (Å²) in [6.45, 7) is 2.26. The Labute approximate surface area is 154 Å². The number of aliphatic imine (C=N–C) groups is 2. The Hall–Kier alpha value is -2.36. The Morgan fingerprint density at radius 1 is 1.31 bits per heavy atom. The Balaban J connectivity index is 1.63. The zero-order valence-electron chi connectivity index (χ0n) is 15.7. The molecule has 2 aliphatic carbocycles. The maximum absolute atomic E-state index is 5.86. The highest BCUT2D eigenvalue weighted by molar-refractivity contribution is 6.11. The number of amidine groups is 1. The van der Waals surface area contributed by atoms with Crippen LogP contribution in [0.15, 0.2) is 40.0 Å². The van der Waals surface area contributed by atoms with Crippen molar-refractivity contribution in [1.29, 1.82) is 0 Å². The van der Waals surface area contributed by atoms with Crippen LogP contribution in [0.5, 0.6) is 5.75 Å². The molecule has 26 heavy (non-hydrogen) atoms. The van der Waals surface area contributed by atoms with Gasteiger partial charge in [-0.15, -0.1) is 0 Å². The van der Waals surface area contributed by atoms with Gasteiger partial charge in [0, 0.05) is 42.5 Å². The van der Waals surface area contributed by atoms with Crippen molar-refractivity contribution in [2.75, 3.05) is 19.5 Å². The van der Waals surface area contributed by atoms with Crippen molar-refractivity contribution in [3.8, 4) is 5.75 Å². The first-order valence-electron chi connectivity index (χ1n) is 9.55. The average molecular weight is 347 g/mol. The maximum Gasteiger partial charge on any atom is 0.126 e. The van der Waals surface area contributed by atoms with Crippen LogP contribution < -0.4 is 10.1 Å². The maximum atomic E-state index is 5.86. The average Bonchev–Trinajstić information content (AvgIpc) is 3.15. The van der Waals surface area contributed by atoms with E-state index in [2.05, 4.69) is 46.6 Å². The molecule has 4 nitrogen and oxygen atoms in total. The molecule has 4 heteroatoms. The van der Waals surface area contributed by atoms with Crippen molar-refractivity contribution in [3.63, 3.8) is 0 Å². The molecule has 5 rings (SSSR count). The second kappa shape index (κ2) is 5.57. The van der Waals surface area contributed by atoms with Gasteiger partial charge in [0.05, 0.1) is 12.5 Å². The van der Waals surface area contributed by atoms with Gasteiger partial charge in [-0.1, -0.05) is 18.1 Å². The van der Waals surface area contributed by atoms with E-state index in [4.69, 9.17) is 4.74 Å². The van der Waals surface area contributed by atoms with Crippen LogP contribution >= 0.6 is 0 Å². The minimum absolute atomic E-state index is 0.0956. The number of nitrogens with zero attached hydrogens (tertiary/aromatic N) is 2. The normalized spacial score (nSPS) is 29.0. The highest BCUT2D eigenvalue weighted by Crippen LogP contribution is 2.54. The molecule has 0 amide bonds. The monoisotopic (exact) mass is 347 g/mol. The molecule has 2 aliphatic heterocycles. The van der Waals surface area contributed by atoms with Gasteiger partial charge in [0.15, 0.2) is 0 Å². The van der Waals surface area contributed by atoms with Crippen LogP contribution in [-0.2, 0) is 5.41 Å². The summed E-state index contributed by atoms with van der Waals surface area (Å²) in [5, 5.41) is 3.60. The Bertz CT molecular complexity index is 902. The molecule has 0 aromatic heterocycles. The topological polar surface area (TPSA) is 46.0 Å². The van der Waals surface area contributed by atoms with E-state index < -0.39 is 0 Å². The van der Waals surface area contributed by atoms with Crippen LogP contribution in [0, 0.1) is 11.8 Å². The summed E-state index contributed by atoms with van der Waals surface area (Å²) in [7, 11) is 3.68. The summed E-state index contributed by atoms with van der Waals surface area (Å²) in [6, 6.07) is 4.56. The smallest absolute Gasteiger partial charge is 0.126 e. The molecular formula is C22H25N3O. The SMILES string of the molecule is CN=C1Nc2cc(C3=C(C)C4C=CN=CC4C3)c(OC)cc2C12CCC2. The van der Waals surface area contributed by atoms with Crippen LogP contribution in [0.25, 0.3) is 5.57 Å². The van der Waals surface area contributed by atoms with E-state index >= 15 is 0 Å². The molecule has 0 bridgehead atoms. The Kier molecular flexibility index (Phi) is 3.40. The molecule has 1 spiro atoms. The molecule has 2 atom stereocenters. The molecular weight excluding hydrogens is 322 g/mol. The van der Waals surface area contributed by atoms with E-state index in [1.165, 1.54) is 47.2 Å². The van der Waals surface area contributed by atoms with E-state index in [1.807, 2.05) is 13.2 Å². The lowest BCUT2D eigenvalue weighted by Gasteiger charge is -2.38. The van der Waals surface area contributed by atoms with E-state index in [-0.39, 0.29) is 5.41 Å². The van der Waals surface area contributed by atoms with Gasteiger partial charge < -0.3 is 10.1 Å². The molecule has 0 saturated heterocycles. The number of fused-ring (bicyclic) bond motifs is 3. The summed E-state index contributed by atoms with van der Waals surface area (Å²) < 4.78 is 5.86. The number of allylic oxidation sites excluding steroid dienone is 3. The fourth-order valence-electron chi connectivity index (χ4n) is 5.27. The Morgan fingerprint density at radius 2 is 2.15 bits per heavy atom. The largest absolute Gasteiger partial charge is 0.496 e. The van der Waals surface area contributed by atoms with Gasteiger partial charge in [-0.05, 0) is 49.5 Å². The third-order valence-corrected chi connectivity index (χ3v) is 6.85. The number of ether oxygens (including phenoxy) is 1. The highest BCUT2D eigenvalue weighted by Gasteiger charge is 2.49. The van der Waals surface area contributed by atoms with Gasteiger partial charge in [-0.25, -0.2) is 0 Å². The van der Waals surface area contributed by atoms with Crippen molar-refractivity contribution in [2.45, 2.75) is 38.0 Å². The molecule has 1 aromatic carbocycles. The summed E-state index contributed by atoms with van der Waals surface area (Å²) in [6.07, 6.45) is 10.9. The van der Waals surface area contributed by atoms with Gasteiger partial charge in [0.25, 0.3) is 0 Å². The van der Waals surface area contributed by atoms with E-state index in [0.717, 1.165) is 18.0 Å². The van der Waals surface area contributed by atoms with Crippen molar-refractivity contribution < 1.29 is 4.74 Å². The van der Waals surface area contributed by atoms with Crippen LogP contribution in [-0.4, -0.2) is 26.2 Å². The first-order chi connectivity index (χ1) is 12.7. The first-order valence-corrected chi connectivity index (χ1v) is 9.55. The number of hydrogen-bond acceptors (Lipinski definition) is 3. The highest BCUT2D eigenvalue weighted by atomic mass is 16.5. The van der Waals surface area contributed by atoms with Crippen molar-refractivity contribution >= 4 is 23.3 Å². The summed E-state index contributed by atoms with van der Waals surface area (Å²) in [5.41, 5.74) is 6.73. The molecule has 1 fully saturated rings. The van der Waals surface area contributed by atoms with Crippen LogP contribution in [0.3, 0.4) is 0 Å². The second-order valence-electron chi connectivity index (χ2n) is 7.93. The van der Waals surface area contributed by atoms with Crippen molar-refractivity contribution in [1.82, 2.24) is 0 Å². The Morgan fingerprint density at radius 3 is 2.81 bits per heavy atom. The quantitative estimate of drug-likeness (QED) is 0.851. The first kappa shape index (κ1) is 15.9. The van der Waals surface area contributed by atoms with Gasteiger partial charge in [-0.2, -0.15) is 0 Å². The number of methoxy groups -OCH3 is 1.